The fourth-order valence-electron chi connectivity index (χ4n) is 2.12. The summed E-state index contributed by atoms with van der Waals surface area (Å²) in [5.74, 6) is 1.04. The van der Waals surface area contributed by atoms with Crippen LogP contribution in [0.25, 0.3) is 0 Å². The molecule has 2 aromatic carbocycles. The molecule has 0 saturated carbocycles. The summed E-state index contributed by atoms with van der Waals surface area (Å²) in [6.45, 7) is 2.09. The van der Waals surface area contributed by atoms with Crippen molar-refractivity contribution in [2.24, 2.45) is 0 Å². The summed E-state index contributed by atoms with van der Waals surface area (Å²) in [7, 11) is 0. The molecule has 2 aromatic rings. The Morgan fingerprint density at radius 2 is 1.95 bits per heavy atom. The Bertz CT molecular complexity index is 671. The molecule has 0 saturated heterocycles. The zero-order valence-corrected chi connectivity index (χ0v) is 13.5. The van der Waals surface area contributed by atoms with Crippen molar-refractivity contribution in [2.75, 3.05) is 0 Å². The van der Waals surface area contributed by atoms with Crippen molar-refractivity contribution in [3.63, 3.8) is 0 Å². The molecular weight excluding hydrogens is 290 g/mol. The van der Waals surface area contributed by atoms with Gasteiger partial charge in [-0.15, -0.1) is 11.8 Å². The summed E-state index contributed by atoms with van der Waals surface area (Å²) in [4.78, 5) is 13.1. The van der Waals surface area contributed by atoms with Crippen LogP contribution in [0.5, 0.6) is 0 Å². The maximum atomic E-state index is 11.9. The first kappa shape index (κ1) is 16.3. The quantitative estimate of drug-likeness (QED) is 0.520. The molecule has 0 unspecified atom stereocenters. The van der Waals surface area contributed by atoms with Crippen molar-refractivity contribution in [3.05, 3.63) is 65.2 Å². The van der Waals surface area contributed by atoms with Gasteiger partial charge in [0.1, 0.15) is 0 Å². The van der Waals surface area contributed by atoms with E-state index in [0.717, 1.165) is 34.6 Å². The predicted molar refractivity (Wildman–Crippen MR) is 91.0 cm³/mol. The van der Waals surface area contributed by atoms with E-state index >= 15 is 0 Å². The highest BCUT2D eigenvalue weighted by Gasteiger charge is 2.05. The van der Waals surface area contributed by atoms with Crippen molar-refractivity contribution in [2.45, 2.75) is 36.8 Å². The average molecular weight is 309 g/mol. The Hall–Kier alpha value is -2.05. The van der Waals surface area contributed by atoms with E-state index in [4.69, 9.17) is 5.26 Å². The molecule has 2 nitrogen and oxygen atoms in total. The highest BCUT2D eigenvalue weighted by molar-refractivity contribution is 7.98. The van der Waals surface area contributed by atoms with Gasteiger partial charge in [0.2, 0.25) is 0 Å². The normalized spacial score (nSPS) is 10.2. The van der Waals surface area contributed by atoms with Crippen molar-refractivity contribution in [1.29, 1.82) is 5.26 Å². The number of carbonyl (C=O) groups is 1. The fourth-order valence-corrected chi connectivity index (χ4v) is 2.96. The van der Waals surface area contributed by atoms with Crippen LogP contribution in [0.2, 0.25) is 0 Å². The zero-order valence-electron chi connectivity index (χ0n) is 12.7. The molecule has 0 spiro atoms. The number of Topliss-reactive ketones (excluding diaryl/α,β-unsaturated/α-hetero) is 1. The lowest BCUT2D eigenvalue weighted by Gasteiger charge is -2.04. The number of benzene rings is 2. The molecule has 0 radical (unpaired) electrons. The summed E-state index contributed by atoms with van der Waals surface area (Å²) in [5.41, 5.74) is 2.62. The number of hydrogen-bond donors (Lipinski definition) is 0. The van der Waals surface area contributed by atoms with Crippen LogP contribution in [-0.2, 0) is 5.75 Å². The molecule has 2 rings (SSSR count). The first-order valence-corrected chi connectivity index (χ1v) is 8.46. The Morgan fingerprint density at radius 3 is 2.64 bits per heavy atom. The van der Waals surface area contributed by atoms with Gasteiger partial charge in [0.15, 0.2) is 5.78 Å². The lowest BCUT2D eigenvalue weighted by molar-refractivity contribution is 0.0979. The second-order valence-electron chi connectivity index (χ2n) is 5.15. The largest absolute Gasteiger partial charge is 0.294 e. The van der Waals surface area contributed by atoms with Crippen LogP contribution in [-0.4, -0.2) is 5.78 Å². The van der Waals surface area contributed by atoms with Crippen molar-refractivity contribution in [3.8, 4) is 6.07 Å². The van der Waals surface area contributed by atoms with Gasteiger partial charge in [0.25, 0.3) is 0 Å². The van der Waals surface area contributed by atoms with Gasteiger partial charge >= 0.3 is 0 Å². The van der Waals surface area contributed by atoms with E-state index in [-0.39, 0.29) is 5.78 Å². The maximum absolute atomic E-state index is 11.9. The first-order chi connectivity index (χ1) is 10.7. The number of rotatable bonds is 7. The topological polar surface area (TPSA) is 40.9 Å². The predicted octanol–water partition coefficient (Wildman–Crippen LogP) is 5.22. The molecule has 0 bridgehead atoms. The van der Waals surface area contributed by atoms with Crippen LogP contribution in [0.1, 0.15) is 47.7 Å². The van der Waals surface area contributed by atoms with Crippen LogP contribution < -0.4 is 0 Å². The molecular formula is C19H19NOS. The third-order valence-electron chi connectivity index (χ3n) is 3.40. The van der Waals surface area contributed by atoms with Gasteiger partial charge in [-0.3, -0.25) is 4.79 Å². The minimum Gasteiger partial charge on any atom is -0.294 e. The van der Waals surface area contributed by atoms with E-state index in [1.54, 1.807) is 11.8 Å². The Morgan fingerprint density at radius 1 is 1.18 bits per heavy atom. The summed E-state index contributed by atoms with van der Waals surface area (Å²) in [6, 6.07) is 17.6. The molecule has 0 N–H and O–H groups in total. The molecule has 0 amide bonds. The molecule has 0 heterocycles. The lowest BCUT2D eigenvalue weighted by atomic mass is 10.1. The van der Waals surface area contributed by atoms with Crippen LogP contribution in [0.3, 0.4) is 0 Å². The fraction of sp³-hybridized carbons (Fsp3) is 0.263. The summed E-state index contributed by atoms with van der Waals surface area (Å²) in [5, 5.41) is 8.90. The minimum atomic E-state index is 0.222. The minimum absolute atomic E-state index is 0.222. The summed E-state index contributed by atoms with van der Waals surface area (Å²) < 4.78 is 0. The number of carbonyl (C=O) groups excluding carboxylic acids is 1. The van der Waals surface area contributed by atoms with Gasteiger partial charge in [0.05, 0.1) is 11.6 Å². The molecule has 0 aliphatic heterocycles. The van der Waals surface area contributed by atoms with Gasteiger partial charge in [-0.25, -0.2) is 0 Å². The van der Waals surface area contributed by atoms with Gasteiger partial charge in [-0.1, -0.05) is 37.6 Å². The van der Waals surface area contributed by atoms with Crippen LogP contribution in [0.15, 0.2) is 53.4 Å². The van der Waals surface area contributed by atoms with Gasteiger partial charge in [0, 0.05) is 22.6 Å². The number of thioether (sulfide) groups is 1. The van der Waals surface area contributed by atoms with E-state index in [2.05, 4.69) is 13.0 Å². The zero-order chi connectivity index (χ0) is 15.8. The van der Waals surface area contributed by atoms with E-state index in [9.17, 15) is 4.79 Å². The molecule has 0 atom stereocenters. The molecule has 22 heavy (non-hydrogen) atoms. The Labute approximate surface area is 136 Å². The van der Waals surface area contributed by atoms with E-state index in [0.29, 0.717) is 12.0 Å². The van der Waals surface area contributed by atoms with E-state index in [1.165, 1.54) is 0 Å². The Balaban J connectivity index is 1.94. The lowest BCUT2D eigenvalue weighted by Crippen LogP contribution is -1.98. The first-order valence-electron chi connectivity index (χ1n) is 7.48. The Kier molecular flexibility index (Phi) is 6.24. The second kappa shape index (κ2) is 8.41. The number of nitrogens with zero attached hydrogens (tertiary/aromatic N) is 1. The maximum Gasteiger partial charge on any atom is 0.162 e. The number of ketones is 1. The van der Waals surface area contributed by atoms with Crippen LogP contribution >= 0.6 is 11.8 Å². The van der Waals surface area contributed by atoms with Gasteiger partial charge in [-0.05, 0) is 36.2 Å². The summed E-state index contributed by atoms with van der Waals surface area (Å²) >= 11 is 1.71. The van der Waals surface area contributed by atoms with Crippen molar-refractivity contribution >= 4 is 17.5 Å². The van der Waals surface area contributed by atoms with Crippen molar-refractivity contribution in [1.82, 2.24) is 0 Å². The highest BCUT2D eigenvalue weighted by Crippen LogP contribution is 2.24. The molecule has 3 heteroatoms. The molecule has 0 aromatic heterocycles. The van der Waals surface area contributed by atoms with Crippen LogP contribution in [0.4, 0.5) is 0 Å². The highest BCUT2D eigenvalue weighted by atomic mass is 32.2. The monoisotopic (exact) mass is 309 g/mol. The second-order valence-corrected chi connectivity index (χ2v) is 6.20. The SMILES string of the molecule is CCCCC(=O)c1ccc(SCc2cccc(C#N)c2)cc1. The summed E-state index contributed by atoms with van der Waals surface area (Å²) in [6.07, 6.45) is 2.62. The number of nitriles is 1. The molecule has 0 aliphatic carbocycles. The van der Waals surface area contributed by atoms with E-state index in [1.807, 2.05) is 48.5 Å². The molecule has 112 valence electrons. The van der Waals surface area contributed by atoms with Gasteiger partial charge < -0.3 is 0 Å². The third kappa shape index (κ3) is 4.75. The van der Waals surface area contributed by atoms with Gasteiger partial charge in [-0.2, -0.15) is 5.26 Å². The average Bonchev–Trinajstić information content (AvgIpc) is 2.58. The standard InChI is InChI=1S/C19H19NOS/c1-2-3-7-19(21)17-8-10-18(11-9-17)22-14-16-6-4-5-15(12-16)13-20/h4-6,8-12H,2-3,7,14H2,1H3. The van der Waals surface area contributed by atoms with Crippen LogP contribution in [0, 0.1) is 11.3 Å². The number of hydrogen-bond acceptors (Lipinski definition) is 3. The molecule has 0 aliphatic rings. The number of unbranched alkanes of at least 4 members (excludes halogenated alkanes) is 1. The van der Waals surface area contributed by atoms with Crippen molar-refractivity contribution < 1.29 is 4.79 Å². The smallest absolute Gasteiger partial charge is 0.162 e. The molecule has 0 fully saturated rings. The van der Waals surface area contributed by atoms with E-state index < -0.39 is 0 Å². The third-order valence-corrected chi connectivity index (χ3v) is 4.48.